The van der Waals surface area contributed by atoms with Crippen molar-refractivity contribution < 1.29 is 19.5 Å². The number of nitrogens with zero attached hydrogens (tertiary/aromatic N) is 2. The van der Waals surface area contributed by atoms with Gasteiger partial charge in [0.1, 0.15) is 5.75 Å². The minimum atomic E-state index is -0.646. The second-order valence-corrected chi connectivity index (χ2v) is 5.62. The zero-order valence-corrected chi connectivity index (χ0v) is 15.2. The Labute approximate surface area is 157 Å². The number of hydrogen-bond donors (Lipinski definition) is 3. The van der Waals surface area contributed by atoms with E-state index in [1.54, 1.807) is 26.2 Å². The molecular weight excluding hydrogens is 360 g/mol. The standard InChI is InChI=1S/C17H20N4O4.ClH/c1-21(2)17(23)14(18)9-11-3-6-13(7-4-11)25-15-8-5-12(10-19-15)16(22)20-24;/h3-8,10,14,24H,9,18H2,1-2H3,(H,20,22);1H. The smallest absolute Gasteiger partial charge is 0.276 e. The minimum Gasteiger partial charge on any atom is -0.439 e. The molecule has 0 saturated carbocycles. The van der Waals surface area contributed by atoms with Crippen LogP contribution in [0.5, 0.6) is 11.6 Å². The molecule has 140 valence electrons. The van der Waals surface area contributed by atoms with Gasteiger partial charge in [-0.25, -0.2) is 10.5 Å². The number of benzene rings is 1. The summed E-state index contributed by atoms with van der Waals surface area (Å²) in [5.74, 6) is 0.0911. The number of carbonyl (C=O) groups excluding carboxylic acids is 2. The number of nitrogens with two attached hydrogens (primary N) is 1. The normalized spacial score (nSPS) is 11.1. The molecule has 0 bridgehead atoms. The molecule has 0 fully saturated rings. The highest BCUT2D eigenvalue weighted by Crippen LogP contribution is 2.20. The summed E-state index contributed by atoms with van der Waals surface area (Å²) in [6.45, 7) is 0. The van der Waals surface area contributed by atoms with Gasteiger partial charge in [-0.1, -0.05) is 12.1 Å². The van der Waals surface area contributed by atoms with Crippen LogP contribution in [0.25, 0.3) is 0 Å². The maximum atomic E-state index is 11.8. The zero-order valence-electron chi connectivity index (χ0n) is 14.4. The highest BCUT2D eigenvalue weighted by atomic mass is 35.5. The molecular formula is C17H21ClN4O4. The number of pyridine rings is 1. The first-order valence-corrected chi connectivity index (χ1v) is 7.54. The molecule has 1 aromatic carbocycles. The lowest BCUT2D eigenvalue weighted by atomic mass is 10.1. The average Bonchev–Trinajstić information content (AvgIpc) is 2.62. The Kier molecular flexibility index (Phi) is 7.98. The molecule has 26 heavy (non-hydrogen) atoms. The van der Waals surface area contributed by atoms with Crippen LogP contribution in [-0.4, -0.2) is 47.0 Å². The third kappa shape index (κ3) is 5.69. The number of ether oxygens (including phenoxy) is 1. The van der Waals surface area contributed by atoms with E-state index in [1.165, 1.54) is 28.7 Å². The molecule has 1 heterocycles. The number of halogens is 1. The molecule has 8 nitrogen and oxygen atoms in total. The number of nitrogens with one attached hydrogen (secondary N) is 1. The number of likely N-dealkylation sites (N-methyl/N-ethyl adjacent to an activating group) is 1. The predicted molar refractivity (Wildman–Crippen MR) is 97.6 cm³/mol. The average molecular weight is 381 g/mol. The van der Waals surface area contributed by atoms with Gasteiger partial charge in [0.25, 0.3) is 5.91 Å². The molecule has 1 aromatic heterocycles. The van der Waals surface area contributed by atoms with Crippen molar-refractivity contribution in [3.8, 4) is 11.6 Å². The molecule has 0 spiro atoms. The minimum absolute atomic E-state index is 0. The second kappa shape index (κ2) is 9.71. The molecule has 0 aliphatic heterocycles. The van der Waals surface area contributed by atoms with Crippen LogP contribution in [0.1, 0.15) is 15.9 Å². The highest BCUT2D eigenvalue weighted by molar-refractivity contribution is 5.93. The lowest BCUT2D eigenvalue weighted by molar-refractivity contribution is -0.130. The number of hydroxylamine groups is 1. The Balaban J connectivity index is 0.00000338. The first-order valence-electron chi connectivity index (χ1n) is 7.54. The molecule has 4 N–H and O–H groups in total. The van der Waals surface area contributed by atoms with Crippen LogP contribution in [0.15, 0.2) is 42.6 Å². The molecule has 0 aliphatic carbocycles. The molecule has 0 aliphatic rings. The van der Waals surface area contributed by atoms with Crippen LogP contribution in [0.2, 0.25) is 0 Å². The van der Waals surface area contributed by atoms with Gasteiger partial charge in [-0.15, -0.1) is 12.4 Å². The van der Waals surface area contributed by atoms with Gasteiger partial charge in [-0.05, 0) is 30.2 Å². The van der Waals surface area contributed by atoms with E-state index in [4.69, 9.17) is 15.7 Å². The number of amides is 2. The van der Waals surface area contributed by atoms with Crippen molar-refractivity contribution in [1.82, 2.24) is 15.4 Å². The fourth-order valence-electron chi connectivity index (χ4n) is 2.13. The maximum Gasteiger partial charge on any atom is 0.276 e. The molecule has 0 radical (unpaired) electrons. The summed E-state index contributed by atoms with van der Waals surface area (Å²) < 4.78 is 5.58. The Morgan fingerprint density at radius 1 is 1.23 bits per heavy atom. The monoisotopic (exact) mass is 380 g/mol. The molecule has 1 unspecified atom stereocenters. The quantitative estimate of drug-likeness (QED) is 0.514. The van der Waals surface area contributed by atoms with Crippen LogP contribution in [-0.2, 0) is 11.2 Å². The molecule has 1 atom stereocenters. The van der Waals surface area contributed by atoms with Crippen molar-refractivity contribution in [1.29, 1.82) is 0 Å². The number of rotatable bonds is 6. The summed E-state index contributed by atoms with van der Waals surface area (Å²) in [6.07, 6.45) is 1.72. The number of carbonyl (C=O) groups is 2. The van der Waals surface area contributed by atoms with Crippen LogP contribution in [0.3, 0.4) is 0 Å². The van der Waals surface area contributed by atoms with Crippen molar-refractivity contribution >= 4 is 24.2 Å². The van der Waals surface area contributed by atoms with E-state index in [1.807, 2.05) is 12.1 Å². The van der Waals surface area contributed by atoms with Gasteiger partial charge in [-0.3, -0.25) is 14.8 Å². The lowest BCUT2D eigenvalue weighted by Crippen LogP contribution is -2.41. The Bertz CT molecular complexity index is 735. The van der Waals surface area contributed by atoms with Gasteiger partial charge in [-0.2, -0.15) is 0 Å². The van der Waals surface area contributed by atoms with E-state index in [0.717, 1.165) is 5.56 Å². The molecule has 2 amide bonds. The van der Waals surface area contributed by atoms with Gasteiger partial charge in [0, 0.05) is 26.4 Å². The van der Waals surface area contributed by atoms with Gasteiger partial charge >= 0.3 is 0 Å². The van der Waals surface area contributed by atoms with Crippen LogP contribution in [0, 0.1) is 0 Å². The van der Waals surface area contributed by atoms with E-state index in [-0.39, 0.29) is 23.9 Å². The van der Waals surface area contributed by atoms with Crippen molar-refractivity contribution in [2.45, 2.75) is 12.5 Å². The summed E-state index contributed by atoms with van der Waals surface area (Å²) in [4.78, 5) is 28.5. The van der Waals surface area contributed by atoms with E-state index < -0.39 is 11.9 Å². The molecule has 2 aromatic rings. The van der Waals surface area contributed by atoms with Crippen LogP contribution >= 0.6 is 12.4 Å². The fraction of sp³-hybridized carbons (Fsp3) is 0.235. The second-order valence-electron chi connectivity index (χ2n) is 5.62. The lowest BCUT2D eigenvalue weighted by Gasteiger charge is -2.16. The zero-order chi connectivity index (χ0) is 18.4. The molecule has 0 saturated heterocycles. The SMILES string of the molecule is CN(C)C(=O)C(N)Cc1ccc(Oc2ccc(C(=O)NO)cn2)cc1.Cl. The van der Waals surface area contributed by atoms with Gasteiger partial charge in [0.15, 0.2) is 0 Å². The van der Waals surface area contributed by atoms with Crippen molar-refractivity contribution in [2.24, 2.45) is 5.73 Å². The van der Waals surface area contributed by atoms with Gasteiger partial charge in [0.2, 0.25) is 11.8 Å². The topological polar surface area (TPSA) is 118 Å². The molecule has 9 heteroatoms. The van der Waals surface area contributed by atoms with E-state index in [0.29, 0.717) is 18.1 Å². The van der Waals surface area contributed by atoms with Crippen LogP contribution in [0.4, 0.5) is 0 Å². The van der Waals surface area contributed by atoms with Crippen molar-refractivity contribution in [2.75, 3.05) is 14.1 Å². The summed E-state index contributed by atoms with van der Waals surface area (Å²) in [7, 11) is 3.34. The Morgan fingerprint density at radius 3 is 2.38 bits per heavy atom. The van der Waals surface area contributed by atoms with Crippen molar-refractivity contribution in [3.63, 3.8) is 0 Å². The maximum absolute atomic E-state index is 11.8. The third-order valence-electron chi connectivity index (χ3n) is 3.46. The number of aromatic nitrogens is 1. The Hall–Kier alpha value is -2.68. The van der Waals surface area contributed by atoms with Crippen LogP contribution < -0.4 is 16.0 Å². The third-order valence-corrected chi connectivity index (χ3v) is 3.46. The van der Waals surface area contributed by atoms with Crippen molar-refractivity contribution in [3.05, 3.63) is 53.7 Å². The highest BCUT2D eigenvalue weighted by Gasteiger charge is 2.15. The molecule has 2 rings (SSSR count). The van der Waals surface area contributed by atoms with E-state index >= 15 is 0 Å². The summed E-state index contributed by atoms with van der Waals surface area (Å²) in [5.41, 5.74) is 8.54. The summed E-state index contributed by atoms with van der Waals surface area (Å²) >= 11 is 0. The predicted octanol–water partition coefficient (Wildman–Crippen LogP) is 1.37. The largest absolute Gasteiger partial charge is 0.439 e. The Morgan fingerprint density at radius 2 is 1.88 bits per heavy atom. The fourth-order valence-corrected chi connectivity index (χ4v) is 2.13. The summed E-state index contributed by atoms with van der Waals surface area (Å²) in [5, 5.41) is 8.55. The van der Waals surface area contributed by atoms with E-state index in [9.17, 15) is 9.59 Å². The van der Waals surface area contributed by atoms with E-state index in [2.05, 4.69) is 4.98 Å². The first kappa shape index (κ1) is 21.4. The number of hydrogen-bond acceptors (Lipinski definition) is 6. The summed E-state index contributed by atoms with van der Waals surface area (Å²) in [6, 6.07) is 9.56. The first-order chi connectivity index (χ1) is 11.9. The van der Waals surface area contributed by atoms with Gasteiger partial charge in [0.05, 0.1) is 11.6 Å². The van der Waals surface area contributed by atoms with Gasteiger partial charge < -0.3 is 15.4 Å².